The third kappa shape index (κ3) is 9.62. The monoisotopic (exact) mass is 513 g/mol. The van der Waals surface area contributed by atoms with Crippen molar-refractivity contribution in [3.05, 3.63) is 53.9 Å². The van der Waals surface area contributed by atoms with E-state index < -0.39 is 0 Å². The van der Waals surface area contributed by atoms with E-state index in [0.717, 1.165) is 38.6 Å². The Labute approximate surface area is 192 Å². The first-order valence-electron chi connectivity index (χ1n) is 10.3. The first-order valence-corrected chi connectivity index (χ1v) is 10.3. The van der Waals surface area contributed by atoms with Crippen LogP contribution in [0.15, 0.2) is 47.7 Å². The molecule has 0 spiro atoms. The van der Waals surface area contributed by atoms with Crippen LogP contribution in [0.1, 0.15) is 45.2 Å². The van der Waals surface area contributed by atoms with Crippen LogP contribution in [0.2, 0.25) is 0 Å². The van der Waals surface area contributed by atoms with Crippen LogP contribution in [-0.4, -0.2) is 41.5 Å². The highest BCUT2D eigenvalue weighted by atomic mass is 127. The first kappa shape index (κ1) is 25.4. The molecule has 6 nitrogen and oxygen atoms in total. The highest BCUT2D eigenvalue weighted by Gasteiger charge is 2.12. The van der Waals surface area contributed by atoms with E-state index in [4.69, 9.17) is 9.73 Å². The molecule has 1 aromatic carbocycles. The SMILES string of the molecule is CCNC(=NCc1cccc(Cn2cccn2)c1)NCCC(OCC)C(C)C.I. The summed E-state index contributed by atoms with van der Waals surface area (Å²) in [5.74, 6) is 1.36. The quantitative estimate of drug-likeness (QED) is 0.270. The Balaban J connectivity index is 0.00000420. The van der Waals surface area contributed by atoms with Gasteiger partial charge in [0.15, 0.2) is 5.96 Å². The number of halogens is 1. The molecule has 0 amide bonds. The molecule has 0 aliphatic carbocycles. The Bertz CT molecular complexity index is 703. The molecule has 0 aliphatic rings. The summed E-state index contributed by atoms with van der Waals surface area (Å²) in [6, 6.07) is 10.5. The smallest absolute Gasteiger partial charge is 0.191 e. The van der Waals surface area contributed by atoms with Gasteiger partial charge in [-0.05, 0) is 43.4 Å². The van der Waals surface area contributed by atoms with Crippen molar-refractivity contribution in [1.82, 2.24) is 20.4 Å². The summed E-state index contributed by atoms with van der Waals surface area (Å²) in [7, 11) is 0. The summed E-state index contributed by atoms with van der Waals surface area (Å²) in [4.78, 5) is 4.74. The number of benzene rings is 1. The number of nitrogens with zero attached hydrogens (tertiary/aromatic N) is 3. The summed E-state index contributed by atoms with van der Waals surface area (Å²) in [6.07, 6.45) is 5.03. The van der Waals surface area contributed by atoms with Gasteiger partial charge in [0.1, 0.15) is 0 Å². The predicted molar refractivity (Wildman–Crippen MR) is 131 cm³/mol. The van der Waals surface area contributed by atoms with E-state index in [0.29, 0.717) is 12.5 Å². The molecule has 7 heteroatoms. The molecule has 0 aliphatic heterocycles. The molecule has 0 radical (unpaired) electrons. The summed E-state index contributed by atoms with van der Waals surface area (Å²) >= 11 is 0. The number of nitrogens with one attached hydrogen (secondary N) is 2. The van der Waals surface area contributed by atoms with Crippen molar-refractivity contribution in [2.45, 2.75) is 53.3 Å². The lowest BCUT2D eigenvalue weighted by molar-refractivity contribution is 0.0258. The number of rotatable bonds is 11. The van der Waals surface area contributed by atoms with Crippen LogP contribution in [0.3, 0.4) is 0 Å². The topological polar surface area (TPSA) is 63.5 Å². The molecule has 2 N–H and O–H groups in total. The minimum Gasteiger partial charge on any atom is -0.378 e. The Hall–Kier alpha value is -1.61. The van der Waals surface area contributed by atoms with Gasteiger partial charge in [-0.2, -0.15) is 5.10 Å². The molecule has 0 saturated heterocycles. The number of ether oxygens (including phenoxy) is 1. The third-order valence-corrected chi connectivity index (χ3v) is 4.50. The molecule has 0 saturated carbocycles. The zero-order valence-corrected chi connectivity index (χ0v) is 20.4. The van der Waals surface area contributed by atoms with Gasteiger partial charge in [0, 0.05) is 32.1 Å². The third-order valence-electron chi connectivity index (χ3n) is 4.50. The molecule has 1 unspecified atom stereocenters. The van der Waals surface area contributed by atoms with Crippen molar-refractivity contribution in [3.63, 3.8) is 0 Å². The molecule has 2 aromatic rings. The normalized spacial score (nSPS) is 12.5. The lowest BCUT2D eigenvalue weighted by Crippen LogP contribution is -2.39. The molecular formula is C22H36IN5O. The van der Waals surface area contributed by atoms with Crippen LogP contribution in [0.4, 0.5) is 0 Å². The van der Waals surface area contributed by atoms with E-state index in [9.17, 15) is 0 Å². The summed E-state index contributed by atoms with van der Waals surface area (Å²) < 4.78 is 7.75. The highest BCUT2D eigenvalue weighted by molar-refractivity contribution is 14.0. The van der Waals surface area contributed by atoms with Crippen molar-refractivity contribution >= 4 is 29.9 Å². The number of hydrogen-bond donors (Lipinski definition) is 2. The van der Waals surface area contributed by atoms with Gasteiger partial charge in [-0.1, -0.05) is 38.1 Å². The number of hydrogen-bond acceptors (Lipinski definition) is 3. The molecule has 1 atom stereocenters. The zero-order chi connectivity index (χ0) is 20.2. The van der Waals surface area contributed by atoms with Gasteiger partial charge in [0.25, 0.3) is 0 Å². The second kappa shape index (κ2) is 14.4. The van der Waals surface area contributed by atoms with Crippen LogP contribution in [0.25, 0.3) is 0 Å². The first-order chi connectivity index (χ1) is 13.6. The molecular weight excluding hydrogens is 477 g/mol. The molecule has 162 valence electrons. The fourth-order valence-corrected chi connectivity index (χ4v) is 3.08. The summed E-state index contributed by atoms with van der Waals surface area (Å²) in [6.45, 7) is 12.4. The number of guanidine groups is 1. The standard InChI is InChI=1S/C22H35N5O.HI/c1-5-23-22(24-13-11-21(18(3)4)28-6-2)25-16-19-9-7-10-20(15-19)17-27-14-8-12-26-27;/h7-10,12,14-15,18,21H,5-6,11,13,16-17H2,1-4H3,(H2,23,24,25);1H. The van der Waals surface area contributed by atoms with Crippen LogP contribution >= 0.6 is 24.0 Å². The van der Waals surface area contributed by atoms with Crippen LogP contribution in [0, 0.1) is 5.92 Å². The van der Waals surface area contributed by atoms with E-state index in [1.54, 1.807) is 6.20 Å². The van der Waals surface area contributed by atoms with Crippen LogP contribution in [0.5, 0.6) is 0 Å². The molecule has 1 aromatic heterocycles. The maximum atomic E-state index is 5.82. The Kier molecular flexibility index (Phi) is 12.6. The Morgan fingerprint density at radius 3 is 2.62 bits per heavy atom. The molecule has 1 heterocycles. The fourth-order valence-electron chi connectivity index (χ4n) is 3.08. The minimum absolute atomic E-state index is 0. The van der Waals surface area contributed by atoms with E-state index >= 15 is 0 Å². The van der Waals surface area contributed by atoms with Crippen molar-refractivity contribution in [1.29, 1.82) is 0 Å². The fraction of sp³-hybridized carbons (Fsp3) is 0.545. The average molecular weight is 513 g/mol. The summed E-state index contributed by atoms with van der Waals surface area (Å²) in [5.41, 5.74) is 2.42. The highest BCUT2D eigenvalue weighted by Crippen LogP contribution is 2.10. The maximum Gasteiger partial charge on any atom is 0.191 e. The molecule has 2 rings (SSSR count). The van der Waals surface area contributed by atoms with Crippen molar-refractivity contribution in [3.8, 4) is 0 Å². The van der Waals surface area contributed by atoms with E-state index in [1.807, 2.05) is 16.9 Å². The van der Waals surface area contributed by atoms with Crippen molar-refractivity contribution in [2.24, 2.45) is 10.9 Å². The maximum absolute atomic E-state index is 5.82. The Morgan fingerprint density at radius 1 is 1.17 bits per heavy atom. The van der Waals surface area contributed by atoms with Gasteiger partial charge in [-0.15, -0.1) is 24.0 Å². The number of aromatic nitrogens is 2. The van der Waals surface area contributed by atoms with Gasteiger partial charge in [-0.25, -0.2) is 4.99 Å². The lowest BCUT2D eigenvalue weighted by Gasteiger charge is -2.21. The van der Waals surface area contributed by atoms with Crippen molar-refractivity contribution in [2.75, 3.05) is 19.7 Å². The van der Waals surface area contributed by atoms with Crippen LogP contribution < -0.4 is 10.6 Å². The van der Waals surface area contributed by atoms with Crippen LogP contribution in [-0.2, 0) is 17.8 Å². The zero-order valence-electron chi connectivity index (χ0n) is 18.1. The lowest BCUT2D eigenvalue weighted by atomic mass is 10.0. The van der Waals surface area contributed by atoms with E-state index in [-0.39, 0.29) is 30.1 Å². The predicted octanol–water partition coefficient (Wildman–Crippen LogP) is 4.06. The van der Waals surface area contributed by atoms with Crippen molar-refractivity contribution < 1.29 is 4.74 Å². The van der Waals surface area contributed by atoms with Gasteiger partial charge in [0.2, 0.25) is 0 Å². The van der Waals surface area contributed by atoms with E-state index in [2.05, 4.69) is 67.7 Å². The van der Waals surface area contributed by atoms with Gasteiger partial charge in [-0.3, -0.25) is 4.68 Å². The second-order valence-electron chi connectivity index (χ2n) is 7.17. The average Bonchev–Trinajstić information content (AvgIpc) is 3.18. The van der Waals surface area contributed by atoms with Gasteiger partial charge >= 0.3 is 0 Å². The van der Waals surface area contributed by atoms with Gasteiger partial charge < -0.3 is 15.4 Å². The molecule has 29 heavy (non-hydrogen) atoms. The van der Waals surface area contributed by atoms with E-state index in [1.165, 1.54) is 11.1 Å². The largest absolute Gasteiger partial charge is 0.378 e. The Morgan fingerprint density at radius 2 is 1.97 bits per heavy atom. The molecule has 0 fully saturated rings. The number of aliphatic imine (C=N–C) groups is 1. The molecule has 0 bridgehead atoms. The van der Waals surface area contributed by atoms with Gasteiger partial charge in [0.05, 0.1) is 19.2 Å². The minimum atomic E-state index is 0. The second-order valence-corrected chi connectivity index (χ2v) is 7.17. The summed E-state index contributed by atoms with van der Waals surface area (Å²) in [5, 5.41) is 11.0.